The number of hydrogen-bond donors (Lipinski definition) is 1. The Morgan fingerprint density at radius 1 is 1.71 bits per heavy atom. The van der Waals surface area contributed by atoms with Crippen LogP contribution in [0.3, 0.4) is 0 Å². The van der Waals surface area contributed by atoms with E-state index in [1.54, 1.807) is 0 Å². The normalized spacial score (nSPS) is 14.1. The first-order valence-corrected chi connectivity index (χ1v) is 3.05. The molecule has 7 heavy (non-hydrogen) atoms. The first-order valence-electron chi connectivity index (χ1n) is 2.67. The first-order chi connectivity index (χ1) is 3.31. The third-order valence-electron chi connectivity index (χ3n) is 0.908. The Kier molecular flexibility index (Phi) is 4.57. The smallest absolute Gasteiger partial charge is 0.0192 e. The van der Waals surface area contributed by atoms with Crippen LogP contribution in [0.5, 0.6) is 0 Å². The maximum Gasteiger partial charge on any atom is 0.0192 e. The molecule has 1 nitrogen and oxygen atoms in total. The Balaban J connectivity index is 2.83. The fraction of sp³-hybridized carbons (Fsp3) is 1.00. The molecule has 0 fully saturated rings. The Bertz CT molecular complexity index is 39.1. The zero-order valence-corrected chi connectivity index (χ0v) is 5.63. The van der Waals surface area contributed by atoms with Crippen molar-refractivity contribution in [1.82, 2.24) is 4.84 Å². The minimum absolute atomic E-state index is 0.465. The molecule has 0 spiro atoms. The molecule has 0 radical (unpaired) electrons. The van der Waals surface area contributed by atoms with Crippen LogP contribution in [0.4, 0.5) is 0 Å². The largest absolute Gasteiger partial charge is 0.231 e. The summed E-state index contributed by atoms with van der Waals surface area (Å²) in [5, 5.41) is 0. The fourth-order valence-corrected chi connectivity index (χ4v) is 0.597. The van der Waals surface area contributed by atoms with E-state index in [4.69, 9.17) is 11.8 Å². The van der Waals surface area contributed by atoms with Crippen molar-refractivity contribution in [3.63, 3.8) is 0 Å². The van der Waals surface area contributed by atoms with Gasteiger partial charge < -0.3 is 0 Å². The maximum atomic E-state index is 5.28. The van der Waals surface area contributed by atoms with Crippen LogP contribution in [-0.4, -0.2) is 6.04 Å². The summed E-state index contributed by atoms with van der Waals surface area (Å²) in [6.45, 7) is 4.21. The van der Waals surface area contributed by atoms with Gasteiger partial charge in [0.05, 0.1) is 0 Å². The molecule has 1 atom stereocenters. The van der Waals surface area contributed by atoms with Crippen LogP contribution in [0, 0.1) is 0 Å². The highest BCUT2D eigenvalue weighted by Gasteiger charge is 1.92. The van der Waals surface area contributed by atoms with E-state index in [1.165, 1.54) is 6.42 Å². The predicted molar refractivity (Wildman–Crippen MR) is 33.4 cm³/mol. The third-order valence-corrected chi connectivity index (χ3v) is 1.28. The van der Waals surface area contributed by atoms with Gasteiger partial charge in [-0.1, -0.05) is 13.3 Å². The summed E-state index contributed by atoms with van der Waals surface area (Å²) in [5.41, 5.74) is 0. The molecule has 44 valence electrons. The molecule has 0 amide bonds. The first kappa shape index (κ1) is 7.25. The van der Waals surface area contributed by atoms with Gasteiger partial charge in [0.15, 0.2) is 0 Å². The SMILES string of the molecule is CCC[C@H](C)NCl. The highest BCUT2D eigenvalue weighted by atomic mass is 35.5. The fourth-order valence-electron chi connectivity index (χ4n) is 0.488. The van der Waals surface area contributed by atoms with Crippen LogP contribution in [0.1, 0.15) is 26.7 Å². The molecule has 0 aliphatic carbocycles. The highest BCUT2D eigenvalue weighted by Crippen LogP contribution is 1.93. The molecule has 0 unspecified atom stereocenters. The van der Waals surface area contributed by atoms with E-state index in [9.17, 15) is 0 Å². The van der Waals surface area contributed by atoms with Gasteiger partial charge in [-0.3, -0.25) is 0 Å². The summed E-state index contributed by atoms with van der Waals surface area (Å²) < 4.78 is 0. The Morgan fingerprint density at radius 3 is 2.43 bits per heavy atom. The van der Waals surface area contributed by atoms with Gasteiger partial charge in [-0.05, 0) is 25.1 Å². The monoisotopic (exact) mass is 121 g/mol. The standard InChI is InChI=1S/C5H12ClN/c1-3-4-5(2)7-6/h5,7H,3-4H2,1-2H3/t5-/m0/s1. The van der Waals surface area contributed by atoms with Crippen molar-refractivity contribution < 1.29 is 0 Å². The minimum atomic E-state index is 0.465. The molecule has 0 saturated heterocycles. The minimum Gasteiger partial charge on any atom is -0.231 e. The molecule has 0 heterocycles. The van der Waals surface area contributed by atoms with E-state index in [1.807, 2.05) is 0 Å². The van der Waals surface area contributed by atoms with Crippen LogP contribution < -0.4 is 4.84 Å². The van der Waals surface area contributed by atoms with Crippen molar-refractivity contribution in [2.45, 2.75) is 32.7 Å². The molecule has 0 aromatic heterocycles. The molecular formula is C5H12ClN. The van der Waals surface area contributed by atoms with Gasteiger partial charge in [-0.15, -0.1) is 0 Å². The van der Waals surface area contributed by atoms with Gasteiger partial charge in [0.25, 0.3) is 0 Å². The van der Waals surface area contributed by atoms with Crippen molar-refractivity contribution in [2.24, 2.45) is 0 Å². The van der Waals surface area contributed by atoms with Crippen molar-refractivity contribution in [1.29, 1.82) is 0 Å². The molecule has 2 heteroatoms. The van der Waals surface area contributed by atoms with Gasteiger partial charge in [-0.25, -0.2) is 4.84 Å². The van der Waals surface area contributed by atoms with Crippen LogP contribution in [0.15, 0.2) is 0 Å². The lowest BCUT2D eigenvalue weighted by atomic mass is 10.2. The van der Waals surface area contributed by atoms with E-state index in [-0.39, 0.29) is 0 Å². The second kappa shape index (κ2) is 4.41. The highest BCUT2D eigenvalue weighted by molar-refractivity contribution is 6.13. The van der Waals surface area contributed by atoms with Gasteiger partial charge in [0, 0.05) is 6.04 Å². The average molecular weight is 122 g/mol. The van der Waals surface area contributed by atoms with Gasteiger partial charge in [0.1, 0.15) is 0 Å². The van der Waals surface area contributed by atoms with E-state index in [2.05, 4.69) is 18.7 Å². The van der Waals surface area contributed by atoms with Crippen molar-refractivity contribution in [3.8, 4) is 0 Å². The Hall–Kier alpha value is 0.250. The van der Waals surface area contributed by atoms with Crippen molar-refractivity contribution in [3.05, 3.63) is 0 Å². The summed E-state index contributed by atoms with van der Waals surface area (Å²) in [6, 6.07) is 0.465. The van der Waals surface area contributed by atoms with Crippen LogP contribution in [0.25, 0.3) is 0 Å². The molecule has 0 aliphatic rings. The predicted octanol–water partition coefficient (Wildman–Crippen LogP) is 1.92. The van der Waals surface area contributed by atoms with Gasteiger partial charge in [0.2, 0.25) is 0 Å². The van der Waals surface area contributed by atoms with E-state index < -0.39 is 0 Å². The maximum absolute atomic E-state index is 5.28. The van der Waals surface area contributed by atoms with E-state index in [0.29, 0.717) is 6.04 Å². The topological polar surface area (TPSA) is 12.0 Å². The summed E-state index contributed by atoms with van der Waals surface area (Å²) in [6.07, 6.45) is 2.35. The molecule has 0 aliphatic heterocycles. The molecule has 1 N–H and O–H groups in total. The second-order valence-corrected chi connectivity index (χ2v) is 2.02. The van der Waals surface area contributed by atoms with Gasteiger partial charge in [-0.2, -0.15) is 0 Å². The number of halogens is 1. The average Bonchev–Trinajstić information content (AvgIpc) is 1.68. The summed E-state index contributed by atoms with van der Waals surface area (Å²) in [5.74, 6) is 0. The van der Waals surface area contributed by atoms with Crippen LogP contribution >= 0.6 is 11.8 Å². The lowest BCUT2D eigenvalue weighted by Gasteiger charge is -2.02. The summed E-state index contributed by atoms with van der Waals surface area (Å²) in [7, 11) is 0. The summed E-state index contributed by atoms with van der Waals surface area (Å²) >= 11 is 5.28. The molecule has 0 aromatic rings. The van der Waals surface area contributed by atoms with E-state index in [0.717, 1.165) is 6.42 Å². The Labute approximate surface area is 50.2 Å². The molecule has 0 aromatic carbocycles. The zero-order chi connectivity index (χ0) is 5.70. The molecule has 0 rings (SSSR count). The van der Waals surface area contributed by atoms with Crippen molar-refractivity contribution in [2.75, 3.05) is 0 Å². The zero-order valence-electron chi connectivity index (χ0n) is 4.87. The van der Waals surface area contributed by atoms with Crippen LogP contribution in [0.2, 0.25) is 0 Å². The number of rotatable bonds is 3. The van der Waals surface area contributed by atoms with Crippen LogP contribution in [-0.2, 0) is 0 Å². The number of hydrogen-bond acceptors (Lipinski definition) is 1. The molecule has 0 saturated carbocycles. The van der Waals surface area contributed by atoms with E-state index >= 15 is 0 Å². The lowest BCUT2D eigenvalue weighted by molar-refractivity contribution is 0.612. The van der Waals surface area contributed by atoms with Gasteiger partial charge >= 0.3 is 0 Å². The summed E-state index contributed by atoms with van der Waals surface area (Å²) in [4.78, 5) is 2.64. The van der Waals surface area contributed by atoms with Crippen molar-refractivity contribution >= 4 is 11.8 Å². The Morgan fingerprint density at radius 2 is 2.29 bits per heavy atom. The molecule has 0 bridgehead atoms. The lowest BCUT2D eigenvalue weighted by Crippen LogP contribution is -2.14. The molecular weight excluding hydrogens is 110 g/mol. The third kappa shape index (κ3) is 4.10. The number of nitrogens with one attached hydrogen (secondary N) is 1. The quantitative estimate of drug-likeness (QED) is 0.563. The second-order valence-electron chi connectivity index (χ2n) is 1.80.